The van der Waals surface area contributed by atoms with Gasteiger partial charge >= 0.3 is 0 Å². The zero-order chi connectivity index (χ0) is 17.6. The van der Waals surface area contributed by atoms with E-state index in [4.69, 9.17) is 0 Å². The highest BCUT2D eigenvalue weighted by Crippen LogP contribution is 2.37. The lowest BCUT2D eigenvalue weighted by Gasteiger charge is -2.25. The first-order chi connectivity index (χ1) is 12.9. The highest BCUT2D eigenvalue weighted by atomic mass is 32.2. The number of hydrogen-bond donors (Lipinski definition) is 0. The van der Waals surface area contributed by atoms with Crippen LogP contribution in [0.3, 0.4) is 0 Å². The van der Waals surface area contributed by atoms with Gasteiger partial charge in [0.25, 0.3) is 0 Å². The van der Waals surface area contributed by atoms with Gasteiger partial charge in [-0.05, 0) is 53.7 Å². The molecule has 1 heterocycles. The maximum Gasteiger partial charge on any atom is 0.0542 e. The molecule has 0 N–H and O–H groups in total. The Morgan fingerprint density at radius 2 is 1.23 bits per heavy atom. The van der Waals surface area contributed by atoms with E-state index in [0.717, 1.165) is 0 Å². The summed E-state index contributed by atoms with van der Waals surface area (Å²) in [5.74, 6) is 2.62. The van der Waals surface area contributed by atoms with Gasteiger partial charge in [-0.3, -0.25) is 0 Å². The lowest BCUT2D eigenvalue weighted by Crippen LogP contribution is -2.24. The van der Waals surface area contributed by atoms with Crippen molar-refractivity contribution in [1.29, 1.82) is 0 Å². The van der Waals surface area contributed by atoms with E-state index < -0.39 is 7.92 Å². The van der Waals surface area contributed by atoms with Crippen molar-refractivity contribution in [2.75, 3.05) is 11.5 Å². The second-order valence-electron chi connectivity index (χ2n) is 6.36. The Bertz CT molecular complexity index is 774. The van der Waals surface area contributed by atoms with Gasteiger partial charge in [-0.2, -0.15) is 0 Å². The third-order valence-electron chi connectivity index (χ3n) is 4.54. The van der Waals surface area contributed by atoms with Crippen LogP contribution >= 0.6 is 31.4 Å². The molecule has 0 saturated carbocycles. The first-order valence-corrected chi connectivity index (χ1v) is 12.6. The molecule has 1 fully saturated rings. The van der Waals surface area contributed by atoms with Crippen molar-refractivity contribution in [3.05, 3.63) is 90.5 Å². The predicted molar refractivity (Wildman–Crippen MR) is 122 cm³/mol. The number of hydrogen-bond acceptors (Lipinski definition) is 2. The zero-order valence-electron chi connectivity index (χ0n) is 14.8. The van der Waals surface area contributed by atoms with Gasteiger partial charge in [0.1, 0.15) is 0 Å². The van der Waals surface area contributed by atoms with E-state index in [1.54, 1.807) is 0 Å². The van der Waals surface area contributed by atoms with Crippen LogP contribution in [0.4, 0.5) is 0 Å². The Kier molecular flexibility index (Phi) is 6.38. The topological polar surface area (TPSA) is 0 Å². The van der Waals surface area contributed by atoms with Gasteiger partial charge in [-0.1, -0.05) is 84.9 Å². The lowest BCUT2D eigenvalue weighted by atomic mass is 10.2. The van der Waals surface area contributed by atoms with Crippen molar-refractivity contribution in [2.45, 2.75) is 17.4 Å². The predicted octanol–water partition coefficient (Wildman–Crippen LogP) is 5.18. The van der Waals surface area contributed by atoms with Gasteiger partial charge in [0, 0.05) is 0 Å². The fourth-order valence-electron chi connectivity index (χ4n) is 3.32. The first kappa shape index (κ1) is 18.2. The molecule has 0 amide bonds. The summed E-state index contributed by atoms with van der Waals surface area (Å²) in [5, 5.41) is 4.39. The van der Waals surface area contributed by atoms with Crippen molar-refractivity contribution in [1.82, 2.24) is 0 Å². The minimum absolute atomic E-state index is 0.512. The molecule has 0 aliphatic carbocycles. The van der Waals surface area contributed by atoms with E-state index in [2.05, 4.69) is 108 Å². The number of benzene rings is 3. The Labute approximate surface area is 166 Å². The van der Waals surface area contributed by atoms with Gasteiger partial charge in [0.05, 0.1) is 4.58 Å². The summed E-state index contributed by atoms with van der Waals surface area (Å²) in [4.78, 5) is 0. The van der Waals surface area contributed by atoms with Crippen LogP contribution in [0.25, 0.3) is 0 Å². The molecule has 0 nitrogen and oxygen atoms in total. The third-order valence-corrected chi connectivity index (χ3v) is 10.0. The molecule has 4 rings (SSSR count). The van der Waals surface area contributed by atoms with Crippen LogP contribution in [0.15, 0.2) is 84.9 Å². The molecule has 0 spiro atoms. The highest BCUT2D eigenvalue weighted by molar-refractivity contribution is 8.17. The van der Waals surface area contributed by atoms with Crippen LogP contribution in [0, 0.1) is 0 Å². The fourth-order valence-corrected chi connectivity index (χ4v) is 8.69. The van der Waals surface area contributed by atoms with Gasteiger partial charge in [-0.25, -0.2) is 0 Å². The van der Waals surface area contributed by atoms with Crippen LogP contribution < -0.4 is 15.9 Å². The summed E-state index contributed by atoms with van der Waals surface area (Å²) in [7, 11) is -0.512. The summed E-state index contributed by atoms with van der Waals surface area (Å²) in [6.45, 7) is 0. The van der Waals surface area contributed by atoms with E-state index in [-0.39, 0.29) is 0 Å². The fraction of sp³-hybridized carbons (Fsp3) is 0.217. The molecule has 1 saturated heterocycles. The van der Waals surface area contributed by atoms with Crippen molar-refractivity contribution < 1.29 is 0 Å². The van der Waals surface area contributed by atoms with Crippen LogP contribution in [0.2, 0.25) is 0 Å². The van der Waals surface area contributed by atoms with Crippen molar-refractivity contribution in [3.63, 3.8) is 0 Å². The second-order valence-corrected chi connectivity index (χ2v) is 11.5. The van der Waals surface area contributed by atoms with Crippen molar-refractivity contribution in [3.8, 4) is 0 Å². The Balaban J connectivity index is 1.74. The molecule has 3 aromatic carbocycles. The lowest BCUT2D eigenvalue weighted by molar-refractivity contribution is 1.05. The molecule has 0 bridgehead atoms. The largest absolute Gasteiger partial charge is 0.147 e. The van der Waals surface area contributed by atoms with Crippen LogP contribution in [0.5, 0.6) is 0 Å². The van der Waals surface area contributed by atoms with Crippen LogP contribution in [-0.4, -0.2) is 16.1 Å². The second kappa shape index (κ2) is 9.13. The van der Waals surface area contributed by atoms with Gasteiger partial charge in [-0.15, -0.1) is 23.5 Å². The monoisotopic (exact) mass is 394 g/mol. The molecule has 0 unspecified atom stereocenters. The molecule has 0 aromatic heterocycles. The van der Waals surface area contributed by atoms with Crippen molar-refractivity contribution in [2.24, 2.45) is 0 Å². The smallest absolute Gasteiger partial charge is 0.0542 e. The molecule has 0 radical (unpaired) electrons. The minimum Gasteiger partial charge on any atom is -0.147 e. The molecule has 0 atom stereocenters. The third kappa shape index (κ3) is 4.36. The van der Waals surface area contributed by atoms with Crippen LogP contribution in [-0.2, 0) is 6.42 Å². The van der Waals surface area contributed by atoms with Gasteiger partial charge in [0.2, 0.25) is 0 Å². The summed E-state index contributed by atoms with van der Waals surface area (Å²) >= 11 is 4.28. The van der Waals surface area contributed by atoms with Gasteiger partial charge < -0.3 is 0 Å². The first-order valence-electron chi connectivity index (χ1n) is 9.13. The molecular weight excluding hydrogens is 371 g/mol. The Morgan fingerprint density at radius 1 is 0.692 bits per heavy atom. The molecule has 26 heavy (non-hydrogen) atoms. The van der Waals surface area contributed by atoms with E-state index in [1.807, 2.05) is 0 Å². The normalized spacial score (nSPS) is 15.3. The summed E-state index contributed by atoms with van der Waals surface area (Å²) in [5.41, 5.74) is 1.53. The van der Waals surface area contributed by atoms with Gasteiger partial charge in [0.15, 0.2) is 0 Å². The van der Waals surface area contributed by atoms with E-state index in [0.29, 0.717) is 4.58 Å². The highest BCUT2D eigenvalue weighted by Gasteiger charge is 2.22. The van der Waals surface area contributed by atoms with E-state index in [9.17, 15) is 0 Å². The average Bonchev–Trinajstić information content (AvgIpc) is 2.72. The maximum atomic E-state index is 2.36. The molecule has 3 aromatic rings. The Morgan fingerprint density at radius 3 is 1.85 bits per heavy atom. The quantitative estimate of drug-likeness (QED) is 0.547. The SMILES string of the molecule is c1ccc(P(c2ccccc2)c2ccccc2CC2SCCCS2)cc1. The molecule has 132 valence electrons. The molecule has 1 aliphatic heterocycles. The van der Waals surface area contributed by atoms with E-state index in [1.165, 1.54) is 45.8 Å². The summed E-state index contributed by atoms with van der Waals surface area (Å²) in [6, 6.07) is 31.2. The minimum atomic E-state index is -0.512. The number of thioether (sulfide) groups is 2. The van der Waals surface area contributed by atoms with E-state index >= 15 is 0 Å². The average molecular weight is 395 g/mol. The maximum absolute atomic E-state index is 2.36. The molecular formula is C23H23PS2. The standard InChI is InChI=1S/C23H23PS2/c1-3-11-20(12-4-1)24(21-13-5-2-6-14-21)22-15-8-7-10-19(22)18-23-25-16-9-17-26-23/h1-8,10-15,23H,9,16-18H2. The van der Waals surface area contributed by atoms with Crippen molar-refractivity contribution >= 4 is 47.4 Å². The summed E-state index contributed by atoms with van der Waals surface area (Å²) < 4.78 is 0.702. The molecule has 1 aliphatic rings. The molecule has 3 heteroatoms. The van der Waals surface area contributed by atoms with Crippen LogP contribution in [0.1, 0.15) is 12.0 Å². The zero-order valence-corrected chi connectivity index (χ0v) is 17.3. The number of rotatable bonds is 5. The Hall–Kier alpha value is -1.21. The summed E-state index contributed by atoms with van der Waals surface area (Å²) in [6.07, 6.45) is 2.53.